The molecule has 1 fully saturated rings. The molecule has 1 amide bonds. The Kier molecular flexibility index (Phi) is 5.73. The fourth-order valence-electron chi connectivity index (χ4n) is 4.34. The van der Waals surface area contributed by atoms with Gasteiger partial charge in [-0.25, -0.2) is 9.78 Å². The first-order valence-electron chi connectivity index (χ1n) is 10.9. The molecule has 7 nitrogen and oxygen atoms in total. The maximum absolute atomic E-state index is 13.1. The van der Waals surface area contributed by atoms with Gasteiger partial charge in [0.25, 0.3) is 5.91 Å². The smallest absolute Gasteiger partial charge is 0.339 e. The van der Waals surface area contributed by atoms with Gasteiger partial charge < -0.3 is 19.2 Å². The lowest BCUT2D eigenvalue weighted by molar-refractivity contribution is -0.124. The number of nitrogens with one attached hydrogen (secondary N) is 1. The lowest BCUT2D eigenvalue weighted by Gasteiger charge is -2.13. The third-order valence-electron chi connectivity index (χ3n) is 5.89. The third-order valence-corrected chi connectivity index (χ3v) is 5.89. The zero-order valence-electron chi connectivity index (χ0n) is 17.6. The first kappa shape index (κ1) is 20.5. The number of carbonyl (C=O) groups excluding carboxylic acids is 2. The molecule has 32 heavy (non-hydrogen) atoms. The Morgan fingerprint density at radius 2 is 2.09 bits per heavy atom. The van der Waals surface area contributed by atoms with Crippen LogP contribution in [0.5, 0.6) is 0 Å². The van der Waals surface area contributed by atoms with E-state index in [1.54, 1.807) is 6.26 Å². The zero-order valence-corrected chi connectivity index (χ0v) is 17.6. The molecule has 2 aliphatic rings. The second kappa shape index (κ2) is 8.96. The number of allylic oxidation sites excluding steroid dienone is 1. The maximum Gasteiger partial charge on any atom is 0.339 e. The number of ether oxygens (including phenoxy) is 2. The quantitative estimate of drug-likeness (QED) is 0.597. The molecule has 1 aliphatic carbocycles. The number of furan rings is 1. The topological polar surface area (TPSA) is 90.7 Å². The maximum atomic E-state index is 13.1. The summed E-state index contributed by atoms with van der Waals surface area (Å²) in [6.07, 6.45) is 7.00. The summed E-state index contributed by atoms with van der Waals surface area (Å²) in [6, 6.07) is 11.2. The van der Waals surface area contributed by atoms with Crippen LogP contribution < -0.4 is 5.32 Å². The van der Waals surface area contributed by atoms with Crippen molar-refractivity contribution in [3.63, 3.8) is 0 Å². The lowest BCUT2D eigenvalue weighted by atomic mass is 10.0. The van der Waals surface area contributed by atoms with Gasteiger partial charge in [0.1, 0.15) is 5.76 Å². The minimum atomic E-state index is -0.508. The molecule has 3 heterocycles. The van der Waals surface area contributed by atoms with Crippen molar-refractivity contribution in [2.45, 2.75) is 31.8 Å². The molecule has 1 aliphatic heterocycles. The number of carbonyl (C=O) groups is 2. The number of fused-ring (bicyclic) bond motifs is 2. The number of aromatic nitrogens is 1. The van der Waals surface area contributed by atoms with Crippen LogP contribution in [0.4, 0.5) is 0 Å². The highest BCUT2D eigenvalue weighted by molar-refractivity contribution is 6.07. The van der Waals surface area contributed by atoms with E-state index in [0.29, 0.717) is 24.0 Å². The number of para-hydroxylation sites is 1. The Balaban J connectivity index is 1.38. The molecular weight excluding hydrogens is 408 g/mol. The Hall–Kier alpha value is -3.45. The van der Waals surface area contributed by atoms with Crippen molar-refractivity contribution in [1.82, 2.24) is 10.3 Å². The minimum absolute atomic E-state index is 0.0430. The lowest BCUT2D eigenvalue weighted by Crippen LogP contribution is -2.34. The normalized spacial score (nSPS) is 18.8. The van der Waals surface area contributed by atoms with E-state index in [4.69, 9.17) is 18.9 Å². The second-order valence-electron chi connectivity index (χ2n) is 8.03. The molecule has 0 bridgehead atoms. The van der Waals surface area contributed by atoms with E-state index in [9.17, 15) is 9.59 Å². The summed E-state index contributed by atoms with van der Waals surface area (Å²) in [5.41, 5.74) is 3.86. The molecule has 2 aromatic heterocycles. The minimum Gasteiger partial charge on any atom is -0.465 e. The molecular formula is C25H24N2O5. The number of hydrogen-bond acceptors (Lipinski definition) is 6. The van der Waals surface area contributed by atoms with Gasteiger partial charge in [-0.15, -0.1) is 0 Å². The molecule has 0 radical (unpaired) electrons. The zero-order chi connectivity index (χ0) is 21.9. The van der Waals surface area contributed by atoms with Gasteiger partial charge in [-0.2, -0.15) is 0 Å². The van der Waals surface area contributed by atoms with Crippen LogP contribution in [0.25, 0.3) is 22.6 Å². The molecule has 164 valence electrons. The molecule has 3 aromatic rings. The summed E-state index contributed by atoms with van der Waals surface area (Å²) in [6.45, 7) is 0.836. The summed E-state index contributed by atoms with van der Waals surface area (Å²) in [5.74, 6) is -0.0940. The first-order valence-corrected chi connectivity index (χ1v) is 10.9. The highest BCUT2D eigenvalue weighted by Gasteiger charge is 2.28. The number of nitrogens with zero attached hydrogens (tertiary/aromatic N) is 1. The summed E-state index contributed by atoms with van der Waals surface area (Å²) in [5, 5.41) is 3.51. The first-order chi connectivity index (χ1) is 15.7. The van der Waals surface area contributed by atoms with Crippen molar-refractivity contribution in [2.75, 3.05) is 19.8 Å². The predicted molar refractivity (Wildman–Crippen MR) is 119 cm³/mol. The van der Waals surface area contributed by atoms with Crippen LogP contribution in [-0.4, -0.2) is 42.7 Å². The molecule has 7 heteroatoms. The van der Waals surface area contributed by atoms with Gasteiger partial charge in [-0.1, -0.05) is 18.2 Å². The van der Waals surface area contributed by atoms with Gasteiger partial charge in [0.05, 0.1) is 29.1 Å². The standard InChI is InChI=1S/C25H24N2O5/c28-22(26-14-18-6-4-12-31-18)15-32-25(29)23-19-7-1-2-8-21(19)27-24-16(9-10-20(23)24)13-17-5-3-11-30-17/h1-3,5,7-8,11,13,18H,4,6,9-10,12,14-15H2,(H,26,28)/b16-13+. The summed E-state index contributed by atoms with van der Waals surface area (Å²) in [7, 11) is 0. The fourth-order valence-corrected chi connectivity index (χ4v) is 4.34. The molecule has 0 spiro atoms. The number of benzene rings is 1. The van der Waals surface area contributed by atoms with Crippen molar-refractivity contribution in [2.24, 2.45) is 0 Å². The Morgan fingerprint density at radius 1 is 1.19 bits per heavy atom. The van der Waals surface area contributed by atoms with Crippen molar-refractivity contribution in [3.8, 4) is 0 Å². The van der Waals surface area contributed by atoms with Gasteiger partial charge >= 0.3 is 5.97 Å². The fraction of sp³-hybridized carbons (Fsp3) is 0.320. The largest absolute Gasteiger partial charge is 0.465 e. The van der Waals surface area contributed by atoms with E-state index >= 15 is 0 Å². The van der Waals surface area contributed by atoms with E-state index in [1.807, 2.05) is 42.5 Å². The van der Waals surface area contributed by atoms with Gasteiger partial charge in [-0.05, 0) is 61.1 Å². The van der Waals surface area contributed by atoms with Gasteiger partial charge in [-0.3, -0.25) is 4.79 Å². The molecule has 1 N–H and O–H groups in total. The highest BCUT2D eigenvalue weighted by Crippen LogP contribution is 2.37. The molecule has 1 saturated heterocycles. The van der Waals surface area contributed by atoms with E-state index in [0.717, 1.165) is 53.8 Å². The monoisotopic (exact) mass is 432 g/mol. The number of amides is 1. The third kappa shape index (κ3) is 4.16. The van der Waals surface area contributed by atoms with Crippen LogP contribution in [0.2, 0.25) is 0 Å². The van der Waals surface area contributed by atoms with E-state index in [-0.39, 0.29) is 18.6 Å². The van der Waals surface area contributed by atoms with Crippen LogP contribution in [0.1, 0.15) is 46.6 Å². The highest BCUT2D eigenvalue weighted by atomic mass is 16.5. The molecule has 1 aromatic carbocycles. The SMILES string of the molecule is O=C(COC(=O)c1c2c(nc3ccccc13)/C(=C/c1ccco1)CC2)NCC1CCCO1. The van der Waals surface area contributed by atoms with Crippen molar-refractivity contribution >= 4 is 34.4 Å². The summed E-state index contributed by atoms with van der Waals surface area (Å²) in [4.78, 5) is 30.1. The van der Waals surface area contributed by atoms with Crippen molar-refractivity contribution in [1.29, 1.82) is 0 Å². The van der Waals surface area contributed by atoms with Gasteiger partial charge in [0.2, 0.25) is 0 Å². The van der Waals surface area contributed by atoms with Crippen LogP contribution >= 0.6 is 0 Å². The number of esters is 1. The number of rotatable bonds is 6. The van der Waals surface area contributed by atoms with Crippen molar-refractivity contribution in [3.05, 3.63) is 65.2 Å². The van der Waals surface area contributed by atoms with Crippen molar-refractivity contribution < 1.29 is 23.5 Å². The second-order valence-corrected chi connectivity index (χ2v) is 8.03. The molecule has 5 rings (SSSR count). The van der Waals surface area contributed by atoms with Crippen LogP contribution in [0.3, 0.4) is 0 Å². The van der Waals surface area contributed by atoms with Crippen LogP contribution in [0.15, 0.2) is 47.1 Å². The molecule has 0 saturated carbocycles. The average molecular weight is 432 g/mol. The number of pyridine rings is 1. The Morgan fingerprint density at radius 3 is 2.91 bits per heavy atom. The van der Waals surface area contributed by atoms with Gasteiger partial charge in [0, 0.05) is 18.5 Å². The Labute approximate surface area is 185 Å². The average Bonchev–Trinajstić information content (AvgIpc) is 3.58. The molecule has 1 atom stereocenters. The van der Waals surface area contributed by atoms with E-state index < -0.39 is 5.97 Å². The van der Waals surface area contributed by atoms with Crippen LogP contribution in [0, 0.1) is 0 Å². The van der Waals surface area contributed by atoms with Gasteiger partial charge in [0.15, 0.2) is 6.61 Å². The Bertz CT molecular complexity index is 1180. The van der Waals surface area contributed by atoms with E-state index in [2.05, 4.69) is 5.32 Å². The summed E-state index contributed by atoms with van der Waals surface area (Å²) < 4.78 is 16.4. The molecule has 1 unspecified atom stereocenters. The summed E-state index contributed by atoms with van der Waals surface area (Å²) >= 11 is 0. The van der Waals surface area contributed by atoms with E-state index in [1.165, 1.54) is 0 Å². The predicted octanol–water partition coefficient (Wildman–Crippen LogP) is 3.77. The van der Waals surface area contributed by atoms with Crippen LogP contribution in [-0.2, 0) is 20.7 Å². The number of hydrogen-bond donors (Lipinski definition) is 1.